The van der Waals surface area contributed by atoms with Crippen LogP contribution in [0.5, 0.6) is 0 Å². The van der Waals surface area contributed by atoms with Crippen LogP contribution in [0.1, 0.15) is 21.8 Å². The number of fused-ring (bicyclic) bond motifs is 1. The Bertz CT molecular complexity index is 984. The number of nitrogens with one attached hydrogen (secondary N) is 1. The number of ether oxygens (including phenoxy) is 1. The maximum atomic E-state index is 5.54. The van der Waals surface area contributed by atoms with Crippen molar-refractivity contribution in [1.82, 2.24) is 4.98 Å². The van der Waals surface area contributed by atoms with Crippen LogP contribution in [0, 0.1) is 13.8 Å². The average molecular weight is 334 g/mol. The largest absolute Gasteiger partial charge is 0.494 e. The summed E-state index contributed by atoms with van der Waals surface area (Å²) >= 11 is 1.76. The Balaban J connectivity index is 1.77. The molecule has 0 amide bonds. The van der Waals surface area contributed by atoms with E-state index in [9.17, 15) is 0 Å². The number of nitrogens with zero attached hydrogens (tertiary/aromatic N) is 1. The van der Waals surface area contributed by atoms with Crippen molar-refractivity contribution in [3.63, 3.8) is 0 Å². The predicted octanol–water partition coefficient (Wildman–Crippen LogP) is 5.22. The molecular formula is C20H18N2OS. The summed E-state index contributed by atoms with van der Waals surface area (Å²) in [5, 5.41) is 1.25. The third-order valence-electron chi connectivity index (χ3n) is 4.13. The van der Waals surface area contributed by atoms with Crippen LogP contribution < -0.4 is 0 Å². The van der Waals surface area contributed by atoms with Crippen LogP contribution in [0.25, 0.3) is 16.2 Å². The highest BCUT2D eigenvalue weighted by Crippen LogP contribution is 2.31. The molecule has 2 aromatic heterocycles. The molecule has 1 N–H and O–H groups in total. The van der Waals surface area contributed by atoms with E-state index in [1.165, 1.54) is 15.6 Å². The molecule has 24 heavy (non-hydrogen) atoms. The smallest absolute Gasteiger partial charge is 0.146 e. The van der Waals surface area contributed by atoms with Gasteiger partial charge in [-0.05, 0) is 49.1 Å². The molecule has 0 radical (unpaired) electrons. The van der Waals surface area contributed by atoms with Crippen molar-refractivity contribution in [1.29, 1.82) is 0 Å². The number of benzene rings is 1. The minimum Gasteiger partial charge on any atom is -0.494 e. The van der Waals surface area contributed by atoms with Gasteiger partial charge in [0.2, 0.25) is 0 Å². The van der Waals surface area contributed by atoms with Crippen molar-refractivity contribution in [2.45, 2.75) is 13.8 Å². The van der Waals surface area contributed by atoms with Crippen molar-refractivity contribution in [2.75, 3.05) is 7.11 Å². The Morgan fingerprint density at radius 2 is 2.00 bits per heavy atom. The highest BCUT2D eigenvalue weighted by molar-refractivity contribution is 7.21. The minimum atomic E-state index is 0.800. The topological polar surface area (TPSA) is 37.4 Å². The first-order valence-corrected chi connectivity index (χ1v) is 8.67. The van der Waals surface area contributed by atoms with Crippen LogP contribution in [-0.2, 0) is 4.74 Å². The lowest BCUT2D eigenvalue weighted by Crippen LogP contribution is -1.88. The van der Waals surface area contributed by atoms with E-state index < -0.39 is 0 Å². The summed E-state index contributed by atoms with van der Waals surface area (Å²) in [4.78, 5) is 9.33. The quantitative estimate of drug-likeness (QED) is 0.700. The standard InChI is InChI=1S/C20H18N2OS/c1-12-8-13(2)21-15(12)10-16-18(23-3)11-17(22-16)20-9-14-6-4-5-7-19(14)24-20/h4-11,21H,1-3H3/b16-10-. The molecule has 0 saturated carbocycles. The van der Waals surface area contributed by atoms with Gasteiger partial charge in [-0.15, -0.1) is 11.3 Å². The Labute approximate surface area is 145 Å². The first-order valence-electron chi connectivity index (χ1n) is 7.85. The Kier molecular flexibility index (Phi) is 3.62. The van der Waals surface area contributed by atoms with Gasteiger partial charge in [-0.25, -0.2) is 4.99 Å². The zero-order chi connectivity index (χ0) is 16.7. The molecule has 1 aromatic carbocycles. The number of hydrogen-bond donors (Lipinski definition) is 1. The Hall–Kier alpha value is -2.59. The van der Waals surface area contributed by atoms with Gasteiger partial charge in [0.05, 0.1) is 17.7 Å². The summed E-state index contributed by atoms with van der Waals surface area (Å²) in [6.45, 7) is 4.15. The van der Waals surface area contributed by atoms with E-state index in [-0.39, 0.29) is 0 Å². The van der Waals surface area contributed by atoms with Gasteiger partial charge in [0, 0.05) is 22.2 Å². The molecule has 0 spiro atoms. The molecule has 0 saturated heterocycles. The van der Waals surface area contributed by atoms with Crippen LogP contribution >= 0.6 is 11.3 Å². The fourth-order valence-corrected chi connectivity index (χ4v) is 3.98. The van der Waals surface area contributed by atoms with E-state index in [4.69, 9.17) is 9.73 Å². The summed E-state index contributed by atoms with van der Waals surface area (Å²) in [6, 6.07) is 12.7. The van der Waals surface area contributed by atoms with Gasteiger partial charge < -0.3 is 9.72 Å². The number of aliphatic imine (C=N–C) groups is 1. The molecular weight excluding hydrogens is 316 g/mol. The normalized spacial score (nSPS) is 15.9. The predicted molar refractivity (Wildman–Crippen MR) is 102 cm³/mol. The molecule has 3 heterocycles. The van der Waals surface area contributed by atoms with E-state index in [1.54, 1.807) is 18.4 Å². The summed E-state index contributed by atoms with van der Waals surface area (Å²) in [6.07, 6.45) is 4.07. The maximum absolute atomic E-state index is 5.54. The zero-order valence-electron chi connectivity index (χ0n) is 13.9. The SMILES string of the molecule is COC1=CC(c2cc3ccccc3s2)=N/C1=C\c1[nH]c(C)cc1C. The molecule has 0 atom stereocenters. The number of methoxy groups -OCH3 is 1. The van der Waals surface area contributed by atoms with Crippen molar-refractivity contribution in [3.8, 4) is 0 Å². The first kappa shape index (κ1) is 15.0. The summed E-state index contributed by atoms with van der Waals surface area (Å²) in [5.74, 6) is 0.800. The lowest BCUT2D eigenvalue weighted by atomic mass is 10.2. The fourth-order valence-electron chi connectivity index (χ4n) is 2.95. The van der Waals surface area contributed by atoms with Crippen molar-refractivity contribution in [2.24, 2.45) is 4.99 Å². The van der Waals surface area contributed by atoms with Crippen molar-refractivity contribution >= 4 is 33.2 Å². The monoisotopic (exact) mass is 334 g/mol. The first-order chi connectivity index (χ1) is 11.6. The van der Waals surface area contributed by atoms with E-state index in [2.05, 4.69) is 61.3 Å². The number of H-pyrrole nitrogens is 1. The third-order valence-corrected chi connectivity index (χ3v) is 5.27. The average Bonchev–Trinajstić information content (AvgIpc) is 3.24. The van der Waals surface area contributed by atoms with E-state index in [0.717, 1.165) is 33.4 Å². The molecule has 120 valence electrons. The number of aromatic amines is 1. The van der Waals surface area contributed by atoms with E-state index in [0.29, 0.717) is 0 Å². The lowest BCUT2D eigenvalue weighted by Gasteiger charge is -2.01. The van der Waals surface area contributed by atoms with Gasteiger partial charge in [0.25, 0.3) is 0 Å². The summed E-state index contributed by atoms with van der Waals surface area (Å²) in [7, 11) is 1.69. The van der Waals surface area contributed by atoms with Crippen molar-refractivity contribution < 1.29 is 4.74 Å². The second-order valence-corrected chi connectivity index (χ2v) is 7.02. The number of hydrogen-bond acceptors (Lipinski definition) is 3. The van der Waals surface area contributed by atoms with Crippen LogP contribution in [0.2, 0.25) is 0 Å². The number of allylic oxidation sites excluding steroid dienone is 1. The highest BCUT2D eigenvalue weighted by Gasteiger charge is 2.18. The van der Waals surface area contributed by atoms with Gasteiger partial charge in [-0.2, -0.15) is 0 Å². The molecule has 4 heteroatoms. The van der Waals surface area contributed by atoms with E-state index >= 15 is 0 Å². The van der Waals surface area contributed by atoms with Crippen LogP contribution in [-0.4, -0.2) is 17.8 Å². The van der Waals surface area contributed by atoms with Crippen molar-refractivity contribution in [3.05, 3.63) is 75.8 Å². The lowest BCUT2D eigenvalue weighted by molar-refractivity contribution is 0.303. The molecule has 4 rings (SSSR count). The van der Waals surface area contributed by atoms with Crippen LogP contribution in [0.15, 0.2) is 58.9 Å². The van der Waals surface area contributed by atoms with Gasteiger partial charge in [0.15, 0.2) is 0 Å². The van der Waals surface area contributed by atoms with Crippen LogP contribution in [0.4, 0.5) is 0 Å². The second kappa shape index (κ2) is 5.80. The number of aryl methyl sites for hydroxylation is 2. The molecule has 0 aliphatic carbocycles. The Morgan fingerprint density at radius 1 is 1.17 bits per heavy atom. The summed E-state index contributed by atoms with van der Waals surface area (Å²) in [5.41, 5.74) is 5.25. The van der Waals surface area contributed by atoms with E-state index in [1.807, 2.05) is 6.08 Å². The highest BCUT2D eigenvalue weighted by atomic mass is 32.1. The molecule has 0 bridgehead atoms. The molecule has 0 unspecified atom stereocenters. The maximum Gasteiger partial charge on any atom is 0.146 e. The number of thiophene rings is 1. The van der Waals surface area contributed by atoms with Crippen LogP contribution in [0.3, 0.4) is 0 Å². The Morgan fingerprint density at radius 3 is 2.71 bits per heavy atom. The fraction of sp³-hybridized carbons (Fsp3) is 0.150. The molecule has 0 fully saturated rings. The van der Waals surface area contributed by atoms with Gasteiger partial charge in [-0.1, -0.05) is 18.2 Å². The molecule has 1 aliphatic heterocycles. The van der Waals surface area contributed by atoms with Gasteiger partial charge in [-0.3, -0.25) is 0 Å². The van der Waals surface area contributed by atoms with Gasteiger partial charge in [0.1, 0.15) is 11.5 Å². The molecule has 1 aliphatic rings. The minimum absolute atomic E-state index is 0.800. The number of rotatable bonds is 3. The third kappa shape index (κ3) is 2.59. The second-order valence-electron chi connectivity index (χ2n) is 5.94. The summed E-state index contributed by atoms with van der Waals surface area (Å²) < 4.78 is 6.81. The number of aromatic nitrogens is 1. The molecule has 3 aromatic rings. The van der Waals surface area contributed by atoms with Gasteiger partial charge >= 0.3 is 0 Å². The molecule has 3 nitrogen and oxygen atoms in total. The zero-order valence-corrected chi connectivity index (χ0v) is 14.7.